The van der Waals surface area contributed by atoms with E-state index in [1.165, 1.54) is 6.34 Å². The van der Waals surface area contributed by atoms with Gasteiger partial charge in [-0.1, -0.05) is 35.9 Å². The second-order valence-electron chi connectivity index (χ2n) is 8.57. The maximum Gasteiger partial charge on any atom is 0.322 e. The van der Waals surface area contributed by atoms with Crippen LogP contribution in [-0.4, -0.2) is 37.8 Å². The summed E-state index contributed by atoms with van der Waals surface area (Å²) in [6.45, 7) is 5.22. The molecule has 0 saturated carbocycles. The highest BCUT2D eigenvalue weighted by Gasteiger charge is 2.28. The molecule has 11 heteroatoms. The average Bonchev–Trinajstić information content (AvgIpc) is 2.82. The monoisotopic (exact) mass is 523 g/mol. The zero-order valence-electron chi connectivity index (χ0n) is 20.6. The third kappa shape index (κ3) is 7.23. The Bertz CT molecular complexity index is 1410. The predicted octanol–water partition coefficient (Wildman–Crippen LogP) is 2.96. The first-order chi connectivity index (χ1) is 17.5. The molecule has 0 saturated heterocycles. The van der Waals surface area contributed by atoms with Crippen LogP contribution >= 0.6 is 0 Å². The van der Waals surface area contributed by atoms with Gasteiger partial charge in [-0.15, -0.1) is 0 Å². The quantitative estimate of drug-likeness (QED) is 0.118. The van der Waals surface area contributed by atoms with Crippen molar-refractivity contribution in [3.63, 3.8) is 0 Å². The number of nitrogens with zero attached hydrogens (tertiary/aromatic N) is 1. The molecule has 0 heterocycles. The Labute approximate surface area is 215 Å². The predicted molar refractivity (Wildman–Crippen MR) is 142 cm³/mol. The smallest absolute Gasteiger partial charge is 0.322 e. The van der Waals surface area contributed by atoms with Crippen LogP contribution in [0.25, 0.3) is 0 Å². The van der Waals surface area contributed by atoms with Crippen molar-refractivity contribution in [2.75, 3.05) is 5.32 Å². The van der Waals surface area contributed by atoms with Crippen LogP contribution in [0, 0.1) is 20.8 Å². The fourth-order valence-corrected chi connectivity index (χ4v) is 5.66. The van der Waals surface area contributed by atoms with E-state index < -0.39 is 22.0 Å². The maximum absolute atomic E-state index is 13.0. The van der Waals surface area contributed by atoms with Crippen molar-refractivity contribution >= 4 is 39.6 Å². The molecule has 0 aromatic heterocycles. The van der Waals surface area contributed by atoms with Gasteiger partial charge in [0.15, 0.2) is 0 Å². The summed E-state index contributed by atoms with van der Waals surface area (Å²) in [6, 6.07) is 15.3. The number of hydrazine groups is 1. The Kier molecular flexibility index (Phi) is 8.77. The van der Waals surface area contributed by atoms with Crippen molar-refractivity contribution in [1.29, 1.82) is 0 Å². The molecule has 0 unspecified atom stereocenters. The number of carbonyl (C=O) groups is 2. The number of carboxylic acids is 1. The van der Waals surface area contributed by atoms with Gasteiger partial charge < -0.3 is 15.8 Å². The molecule has 10 nitrogen and oxygen atoms in total. The second kappa shape index (κ2) is 11.8. The van der Waals surface area contributed by atoms with Crippen molar-refractivity contribution in [3.8, 4) is 0 Å². The van der Waals surface area contributed by atoms with Gasteiger partial charge in [-0.2, -0.15) is 4.72 Å². The lowest BCUT2D eigenvalue weighted by molar-refractivity contribution is -0.138. The number of carboxylic acid groups (broad SMARTS) is 1. The largest absolute Gasteiger partial charge is 0.480 e. The summed E-state index contributed by atoms with van der Waals surface area (Å²) in [7, 11) is -4.08. The highest BCUT2D eigenvalue weighted by Crippen LogP contribution is 2.23. The summed E-state index contributed by atoms with van der Waals surface area (Å²) < 4.78 is 28.4. The Morgan fingerprint density at radius 2 is 1.68 bits per heavy atom. The van der Waals surface area contributed by atoms with Crippen molar-refractivity contribution in [2.45, 2.75) is 38.1 Å². The minimum Gasteiger partial charge on any atom is -0.480 e. The van der Waals surface area contributed by atoms with E-state index >= 15 is 0 Å². The summed E-state index contributed by atoms with van der Waals surface area (Å²) in [5.41, 5.74) is 6.29. The second-order valence-corrected chi connectivity index (χ2v) is 10.2. The van der Waals surface area contributed by atoms with E-state index in [0.717, 1.165) is 5.56 Å². The SMILES string of the molecule is Cc1cc(C)c(S(=O)(=O)N[C@@H](Cc2ccc(NC(=O)c3cccc(N=CNN)c3)cc2)C(=O)O)c(C)c1. The number of sulfonamides is 1. The first-order valence-corrected chi connectivity index (χ1v) is 12.8. The van der Waals surface area contributed by atoms with Crippen LogP contribution in [0.3, 0.4) is 0 Å². The van der Waals surface area contributed by atoms with Gasteiger partial charge in [0.25, 0.3) is 5.91 Å². The number of aliphatic imine (C=N–C) groups is 1. The molecule has 3 aromatic carbocycles. The van der Waals surface area contributed by atoms with Crippen molar-refractivity contribution in [3.05, 3.63) is 88.5 Å². The molecule has 0 spiro atoms. The van der Waals surface area contributed by atoms with Crippen LogP contribution in [0.1, 0.15) is 32.6 Å². The molecule has 0 radical (unpaired) electrons. The number of hydrogen-bond donors (Lipinski definition) is 5. The van der Waals surface area contributed by atoms with Gasteiger partial charge in [-0.25, -0.2) is 19.3 Å². The van der Waals surface area contributed by atoms with Crippen LogP contribution in [-0.2, 0) is 21.2 Å². The third-order valence-corrected chi connectivity index (χ3v) is 7.29. The van der Waals surface area contributed by atoms with Crippen LogP contribution < -0.4 is 21.3 Å². The number of aliphatic carboxylic acids is 1. The summed E-state index contributed by atoms with van der Waals surface area (Å²) >= 11 is 0. The lowest BCUT2D eigenvalue weighted by Gasteiger charge is -2.18. The van der Waals surface area contributed by atoms with Gasteiger partial charge in [0.2, 0.25) is 10.0 Å². The lowest BCUT2D eigenvalue weighted by atomic mass is 10.1. The molecule has 0 aliphatic rings. The summed E-state index contributed by atoms with van der Waals surface area (Å²) in [5.74, 6) is 3.51. The van der Waals surface area contributed by atoms with Gasteiger partial charge in [0, 0.05) is 11.3 Å². The summed E-state index contributed by atoms with van der Waals surface area (Å²) in [6.07, 6.45) is 1.21. The first-order valence-electron chi connectivity index (χ1n) is 11.3. The Hall–Kier alpha value is -4.06. The zero-order valence-corrected chi connectivity index (χ0v) is 21.5. The van der Waals surface area contributed by atoms with E-state index in [2.05, 4.69) is 20.5 Å². The molecular formula is C26H29N5O5S. The first kappa shape index (κ1) is 27.5. The minimum absolute atomic E-state index is 0.0801. The van der Waals surface area contributed by atoms with Gasteiger partial charge in [0.05, 0.1) is 10.6 Å². The molecular weight excluding hydrogens is 494 g/mol. The van der Waals surface area contributed by atoms with E-state index in [4.69, 9.17) is 5.84 Å². The molecule has 0 bridgehead atoms. The average molecular weight is 524 g/mol. The van der Waals surface area contributed by atoms with Crippen LogP contribution in [0.2, 0.25) is 0 Å². The zero-order chi connectivity index (χ0) is 27.2. The van der Waals surface area contributed by atoms with E-state index in [1.54, 1.807) is 74.5 Å². The van der Waals surface area contributed by atoms with Crippen molar-refractivity contribution in [2.24, 2.45) is 10.8 Å². The number of anilines is 1. The number of benzene rings is 3. The minimum atomic E-state index is -4.08. The number of nitrogens with one attached hydrogen (secondary N) is 3. The molecule has 0 fully saturated rings. The molecule has 37 heavy (non-hydrogen) atoms. The van der Waals surface area contributed by atoms with Gasteiger partial charge in [-0.3, -0.25) is 9.59 Å². The molecule has 194 valence electrons. The van der Waals surface area contributed by atoms with E-state index in [1.807, 2.05) is 6.92 Å². The van der Waals surface area contributed by atoms with Crippen LogP contribution in [0.4, 0.5) is 11.4 Å². The number of hydrogen-bond acceptors (Lipinski definition) is 6. The molecule has 1 atom stereocenters. The van der Waals surface area contributed by atoms with Crippen molar-refractivity contribution in [1.82, 2.24) is 10.1 Å². The number of amides is 1. The number of nitrogens with two attached hydrogens (primary N) is 1. The summed E-state index contributed by atoms with van der Waals surface area (Å²) in [4.78, 5) is 28.6. The van der Waals surface area contributed by atoms with Crippen LogP contribution in [0.15, 0.2) is 70.6 Å². The number of rotatable bonds is 10. The summed E-state index contributed by atoms with van der Waals surface area (Å²) in [5, 5.41) is 12.5. The van der Waals surface area contributed by atoms with Crippen molar-refractivity contribution < 1.29 is 23.1 Å². The maximum atomic E-state index is 13.0. The fourth-order valence-electron chi connectivity index (χ4n) is 4.02. The normalized spacial score (nSPS) is 12.3. The van der Waals surface area contributed by atoms with E-state index in [-0.39, 0.29) is 17.2 Å². The highest BCUT2D eigenvalue weighted by atomic mass is 32.2. The molecule has 0 aliphatic carbocycles. The van der Waals surface area contributed by atoms with Gasteiger partial charge in [-0.05, 0) is 74.2 Å². The molecule has 6 N–H and O–H groups in total. The number of carbonyl (C=O) groups excluding carboxylic acids is 1. The third-order valence-electron chi connectivity index (χ3n) is 5.52. The van der Waals surface area contributed by atoms with E-state index in [9.17, 15) is 23.1 Å². The number of aryl methyl sites for hydroxylation is 3. The Balaban J connectivity index is 1.72. The standard InChI is InChI=1S/C26H29N5O5S/c1-16-11-17(2)24(18(3)12-16)37(35,36)31-23(26(33)34)13-19-7-9-21(10-8-19)30-25(32)20-5-4-6-22(14-20)28-15-29-27/h4-12,14-15,23,31H,13,27H2,1-3H3,(H,28,29)(H,30,32)(H,33,34)/t23-/m0/s1. The molecule has 1 amide bonds. The fraction of sp³-hybridized carbons (Fsp3) is 0.192. The van der Waals surface area contributed by atoms with Crippen LogP contribution in [0.5, 0.6) is 0 Å². The highest BCUT2D eigenvalue weighted by molar-refractivity contribution is 7.89. The van der Waals surface area contributed by atoms with E-state index in [0.29, 0.717) is 33.6 Å². The Morgan fingerprint density at radius 1 is 1.03 bits per heavy atom. The molecule has 3 aromatic rings. The molecule has 3 rings (SSSR count). The molecule has 0 aliphatic heterocycles. The topological polar surface area (TPSA) is 163 Å². The van der Waals surface area contributed by atoms with Gasteiger partial charge >= 0.3 is 5.97 Å². The lowest BCUT2D eigenvalue weighted by Crippen LogP contribution is -2.42. The Morgan fingerprint density at radius 3 is 2.27 bits per heavy atom. The van der Waals surface area contributed by atoms with Gasteiger partial charge in [0.1, 0.15) is 12.4 Å².